The first-order chi connectivity index (χ1) is 8.24. The maximum Gasteiger partial charge on any atom is 0.335 e. The van der Waals surface area contributed by atoms with E-state index in [0.29, 0.717) is 5.75 Å². The van der Waals surface area contributed by atoms with Gasteiger partial charge >= 0.3 is 5.97 Å². The molecule has 4 heteroatoms. The van der Waals surface area contributed by atoms with Crippen molar-refractivity contribution in [1.82, 2.24) is 4.98 Å². The molecule has 1 aliphatic rings. The van der Waals surface area contributed by atoms with Crippen molar-refractivity contribution in [1.29, 1.82) is 0 Å². The Morgan fingerprint density at radius 3 is 2.94 bits per heavy atom. The van der Waals surface area contributed by atoms with E-state index in [1.165, 1.54) is 0 Å². The van der Waals surface area contributed by atoms with Gasteiger partial charge in [-0.05, 0) is 31.0 Å². The van der Waals surface area contributed by atoms with Crippen LogP contribution in [0.15, 0.2) is 30.5 Å². The van der Waals surface area contributed by atoms with Gasteiger partial charge in [0.05, 0.1) is 11.7 Å². The monoisotopic (exact) mass is 229 g/mol. The second-order valence-electron chi connectivity index (χ2n) is 4.17. The van der Waals surface area contributed by atoms with Gasteiger partial charge < -0.3 is 9.84 Å². The number of rotatable bonds is 3. The second kappa shape index (κ2) is 3.73. The normalized spacial score (nSPS) is 14.8. The quantitative estimate of drug-likeness (QED) is 0.878. The Morgan fingerprint density at radius 2 is 2.24 bits per heavy atom. The predicted molar refractivity (Wildman–Crippen MR) is 62.4 cm³/mol. The standard InChI is InChI=1S/C13H11NO3/c15-13(16)9-6-8-2-1-5-14-12(8)11(7-9)17-10-3-4-10/h1-2,5-7,10H,3-4H2,(H,15,16). The number of carboxylic acid groups (broad SMARTS) is 1. The van der Waals surface area contributed by atoms with Crippen molar-refractivity contribution in [3.8, 4) is 5.75 Å². The van der Waals surface area contributed by atoms with Crippen LogP contribution in [0.1, 0.15) is 23.2 Å². The summed E-state index contributed by atoms with van der Waals surface area (Å²) in [6, 6.07) is 6.80. The van der Waals surface area contributed by atoms with Gasteiger partial charge in [0.1, 0.15) is 11.3 Å². The summed E-state index contributed by atoms with van der Waals surface area (Å²) in [5.74, 6) is -0.376. The lowest BCUT2D eigenvalue weighted by Gasteiger charge is -2.08. The smallest absolute Gasteiger partial charge is 0.335 e. The van der Waals surface area contributed by atoms with Crippen LogP contribution >= 0.6 is 0 Å². The summed E-state index contributed by atoms with van der Waals surface area (Å²) < 4.78 is 5.70. The lowest BCUT2D eigenvalue weighted by atomic mass is 10.1. The predicted octanol–water partition coefficient (Wildman–Crippen LogP) is 2.47. The summed E-state index contributed by atoms with van der Waals surface area (Å²) in [5.41, 5.74) is 0.963. The number of carboxylic acids is 1. The fourth-order valence-electron chi connectivity index (χ4n) is 1.74. The summed E-state index contributed by atoms with van der Waals surface area (Å²) in [4.78, 5) is 15.3. The van der Waals surface area contributed by atoms with E-state index in [9.17, 15) is 4.79 Å². The number of aromatic carboxylic acids is 1. The highest BCUT2D eigenvalue weighted by Crippen LogP contribution is 2.32. The molecule has 0 radical (unpaired) electrons. The molecular weight excluding hydrogens is 218 g/mol. The molecule has 86 valence electrons. The van der Waals surface area contributed by atoms with Gasteiger partial charge in [0.15, 0.2) is 0 Å². The van der Waals surface area contributed by atoms with E-state index in [-0.39, 0.29) is 11.7 Å². The summed E-state index contributed by atoms with van der Waals surface area (Å²) >= 11 is 0. The lowest BCUT2D eigenvalue weighted by molar-refractivity contribution is 0.0696. The number of pyridine rings is 1. The van der Waals surface area contributed by atoms with Crippen LogP contribution in [0.4, 0.5) is 0 Å². The van der Waals surface area contributed by atoms with Gasteiger partial charge in [-0.3, -0.25) is 4.98 Å². The summed E-state index contributed by atoms with van der Waals surface area (Å²) in [5, 5.41) is 9.84. The molecule has 0 saturated heterocycles. The first kappa shape index (κ1) is 10.1. The zero-order chi connectivity index (χ0) is 11.8. The molecule has 1 aromatic carbocycles. The molecule has 1 aromatic heterocycles. The first-order valence-electron chi connectivity index (χ1n) is 5.53. The molecule has 0 bridgehead atoms. The number of benzene rings is 1. The van der Waals surface area contributed by atoms with Crippen LogP contribution in [-0.4, -0.2) is 22.2 Å². The average molecular weight is 229 g/mol. The molecular formula is C13H11NO3. The zero-order valence-electron chi connectivity index (χ0n) is 9.09. The van der Waals surface area contributed by atoms with Gasteiger partial charge in [-0.1, -0.05) is 6.07 Å². The topological polar surface area (TPSA) is 59.4 Å². The van der Waals surface area contributed by atoms with Crippen LogP contribution in [0.3, 0.4) is 0 Å². The number of fused-ring (bicyclic) bond motifs is 1. The number of hydrogen-bond donors (Lipinski definition) is 1. The number of hydrogen-bond acceptors (Lipinski definition) is 3. The molecule has 0 aliphatic heterocycles. The maximum absolute atomic E-state index is 11.0. The Kier molecular flexibility index (Phi) is 2.21. The van der Waals surface area contributed by atoms with Gasteiger partial charge in [0.25, 0.3) is 0 Å². The SMILES string of the molecule is O=C(O)c1cc(OC2CC2)c2ncccc2c1. The molecule has 4 nitrogen and oxygen atoms in total. The molecule has 1 N–H and O–H groups in total. The van der Waals surface area contributed by atoms with Crippen molar-refractivity contribution in [2.24, 2.45) is 0 Å². The fourth-order valence-corrected chi connectivity index (χ4v) is 1.74. The molecule has 0 spiro atoms. The van der Waals surface area contributed by atoms with Crippen LogP contribution in [0, 0.1) is 0 Å². The van der Waals surface area contributed by atoms with Crippen molar-refractivity contribution in [2.75, 3.05) is 0 Å². The molecule has 17 heavy (non-hydrogen) atoms. The third-order valence-electron chi connectivity index (χ3n) is 2.73. The van der Waals surface area contributed by atoms with E-state index >= 15 is 0 Å². The molecule has 1 fully saturated rings. The summed E-state index contributed by atoms with van der Waals surface area (Å²) in [6.07, 6.45) is 3.98. The largest absolute Gasteiger partial charge is 0.488 e. The van der Waals surface area contributed by atoms with Crippen molar-refractivity contribution < 1.29 is 14.6 Å². The van der Waals surface area contributed by atoms with Crippen molar-refractivity contribution in [3.05, 3.63) is 36.0 Å². The molecule has 1 saturated carbocycles. The minimum Gasteiger partial charge on any atom is -0.488 e. The highest BCUT2D eigenvalue weighted by atomic mass is 16.5. The van der Waals surface area contributed by atoms with Gasteiger partial charge in [-0.2, -0.15) is 0 Å². The lowest BCUT2D eigenvalue weighted by Crippen LogP contribution is -2.01. The molecule has 1 heterocycles. The maximum atomic E-state index is 11.0. The van der Waals surface area contributed by atoms with Crippen LogP contribution < -0.4 is 4.74 Å². The highest BCUT2D eigenvalue weighted by molar-refractivity contribution is 5.96. The van der Waals surface area contributed by atoms with Gasteiger partial charge in [-0.15, -0.1) is 0 Å². The number of nitrogens with zero attached hydrogens (tertiary/aromatic N) is 1. The van der Waals surface area contributed by atoms with E-state index in [1.54, 1.807) is 24.4 Å². The molecule has 0 amide bonds. The fraction of sp³-hybridized carbons (Fsp3) is 0.231. The summed E-state index contributed by atoms with van der Waals surface area (Å²) in [6.45, 7) is 0. The molecule has 1 aliphatic carbocycles. The third kappa shape index (κ3) is 1.93. The minimum atomic E-state index is -0.948. The number of aromatic nitrogens is 1. The number of ether oxygens (including phenoxy) is 1. The van der Waals surface area contributed by atoms with Crippen LogP contribution in [0.2, 0.25) is 0 Å². The second-order valence-corrected chi connectivity index (χ2v) is 4.17. The Bertz CT molecular complexity index is 590. The Balaban J connectivity index is 2.17. The minimum absolute atomic E-state index is 0.226. The molecule has 3 rings (SSSR count). The van der Waals surface area contributed by atoms with Crippen LogP contribution in [0.5, 0.6) is 5.75 Å². The van der Waals surface area contributed by atoms with Crippen LogP contribution in [-0.2, 0) is 0 Å². The van der Waals surface area contributed by atoms with E-state index in [1.807, 2.05) is 6.07 Å². The van der Waals surface area contributed by atoms with E-state index in [2.05, 4.69) is 4.98 Å². The first-order valence-corrected chi connectivity index (χ1v) is 5.53. The average Bonchev–Trinajstić information content (AvgIpc) is 3.13. The van der Waals surface area contributed by atoms with Crippen molar-refractivity contribution in [2.45, 2.75) is 18.9 Å². The van der Waals surface area contributed by atoms with Crippen molar-refractivity contribution >= 4 is 16.9 Å². The Morgan fingerprint density at radius 1 is 1.41 bits per heavy atom. The van der Waals surface area contributed by atoms with Crippen LogP contribution in [0.25, 0.3) is 10.9 Å². The van der Waals surface area contributed by atoms with E-state index in [4.69, 9.17) is 9.84 Å². The molecule has 0 unspecified atom stereocenters. The van der Waals surface area contributed by atoms with Crippen molar-refractivity contribution in [3.63, 3.8) is 0 Å². The van der Waals surface area contributed by atoms with Gasteiger partial charge in [0.2, 0.25) is 0 Å². The zero-order valence-corrected chi connectivity index (χ0v) is 9.09. The van der Waals surface area contributed by atoms with Gasteiger partial charge in [-0.25, -0.2) is 4.79 Å². The molecule has 0 atom stereocenters. The van der Waals surface area contributed by atoms with E-state index in [0.717, 1.165) is 23.7 Å². The van der Waals surface area contributed by atoms with E-state index < -0.39 is 5.97 Å². The Labute approximate surface area is 97.9 Å². The third-order valence-corrected chi connectivity index (χ3v) is 2.73. The molecule has 2 aromatic rings. The summed E-state index contributed by atoms with van der Waals surface area (Å²) in [7, 11) is 0. The van der Waals surface area contributed by atoms with Gasteiger partial charge in [0, 0.05) is 11.6 Å². The highest BCUT2D eigenvalue weighted by Gasteiger charge is 2.25. The Hall–Kier alpha value is -2.10. The number of carbonyl (C=O) groups is 1.